The number of hydrogen-bond donors (Lipinski definition) is 0. The normalized spacial score (nSPS) is 17.6. The van der Waals surface area contributed by atoms with Crippen LogP contribution in [0.2, 0.25) is 0 Å². The molecule has 6 heteroatoms. The maximum atomic E-state index is 12.8. The summed E-state index contributed by atoms with van der Waals surface area (Å²) in [5.74, 6) is 0.475. The molecule has 1 atom stereocenters. The molecule has 2 aromatic carbocycles. The van der Waals surface area contributed by atoms with Gasteiger partial charge in [0.2, 0.25) is 5.91 Å². The van der Waals surface area contributed by atoms with Crippen molar-refractivity contribution < 1.29 is 18.7 Å². The number of amides is 1. The average Bonchev–Trinajstić information content (AvgIpc) is 3.10. The monoisotopic (exact) mass is 369 g/mol. The van der Waals surface area contributed by atoms with Crippen molar-refractivity contribution in [3.63, 3.8) is 0 Å². The van der Waals surface area contributed by atoms with E-state index >= 15 is 0 Å². The third-order valence-corrected chi connectivity index (χ3v) is 5.93. The van der Waals surface area contributed by atoms with Crippen molar-refractivity contribution in [2.75, 3.05) is 26.0 Å². The fraction of sp³-hybridized carbons (Fsp3) is 0.300. The van der Waals surface area contributed by atoms with Crippen molar-refractivity contribution in [1.29, 1.82) is 0 Å². The summed E-state index contributed by atoms with van der Waals surface area (Å²) in [6.07, 6.45) is 1.94. The van der Waals surface area contributed by atoms with E-state index in [9.17, 15) is 9.59 Å². The lowest BCUT2D eigenvalue weighted by atomic mass is 10.0. The summed E-state index contributed by atoms with van der Waals surface area (Å²) < 4.78 is 10.5. The summed E-state index contributed by atoms with van der Waals surface area (Å²) in [5.41, 5.74) is 1.67. The van der Waals surface area contributed by atoms with Crippen LogP contribution in [0, 0.1) is 0 Å². The van der Waals surface area contributed by atoms with Gasteiger partial charge in [0, 0.05) is 29.8 Å². The molecule has 1 aromatic heterocycles. The first-order valence-corrected chi connectivity index (χ1v) is 9.57. The van der Waals surface area contributed by atoms with Crippen molar-refractivity contribution in [2.24, 2.45) is 0 Å². The van der Waals surface area contributed by atoms with Gasteiger partial charge in [0.25, 0.3) is 0 Å². The summed E-state index contributed by atoms with van der Waals surface area (Å²) in [6.45, 7) is 1.04. The molecule has 3 aromatic rings. The van der Waals surface area contributed by atoms with Crippen LogP contribution in [-0.4, -0.2) is 48.0 Å². The number of fused-ring (bicyclic) bond motifs is 3. The minimum absolute atomic E-state index is 0.00911. The minimum Gasteiger partial charge on any atom is -0.468 e. The van der Waals surface area contributed by atoms with Crippen LogP contribution in [0.5, 0.6) is 0 Å². The molecule has 1 aliphatic rings. The summed E-state index contributed by atoms with van der Waals surface area (Å²) in [6, 6.07) is 12.1. The number of benzene rings is 2. The second kappa shape index (κ2) is 7.03. The number of nitrogens with zero attached hydrogens (tertiary/aromatic N) is 1. The van der Waals surface area contributed by atoms with E-state index in [1.165, 1.54) is 7.11 Å². The molecule has 26 heavy (non-hydrogen) atoms. The van der Waals surface area contributed by atoms with Crippen molar-refractivity contribution in [1.82, 2.24) is 4.90 Å². The van der Waals surface area contributed by atoms with E-state index in [0.29, 0.717) is 13.1 Å². The van der Waals surface area contributed by atoms with Crippen LogP contribution in [-0.2, 0) is 20.7 Å². The molecule has 4 rings (SSSR count). The van der Waals surface area contributed by atoms with E-state index in [4.69, 9.17) is 9.15 Å². The third-order valence-electron chi connectivity index (χ3n) is 4.76. The van der Waals surface area contributed by atoms with E-state index in [2.05, 4.69) is 6.07 Å². The van der Waals surface area contributed by atoms with Crippen LogP contribution in [0.15, 0.2) is 47.1 Å². The van der Waals surface area contributed by atoms with Gasteiger partial charge in [-0.25, -0.2) is 0 Å². The van der Waals surface area contributed by atoms with Gasteiger partial charge in [0.1, 0.15) is 10.8 Å². The van der Waals surface area contributed by atoms with Crippen LogP contribution in [0.1, 0.15) is 5.56 Å². The smallest absolute Gasteiger partial charge is 0.320 e. The van der Waals surface area contributed by atoms with Gasteiger partial charge in [-0.3, -0.25) is 9.59 Å². The zero-order valence-corrected chi connectivity index (χ0v) is 15.3. The second-order valence-electron chi connectivity index (χ2n) is 6.32. The Kier molecular flexibility index (Phi) is 4.59. The average molecular weight is 369 g/mol. The SMILES string of the molecule is COC(=O)[C@H]1CN(C(=O)Cc2coc3ccc4ccccc4c23)CCS1. The van der Waals surface area contributed by atoms with Crippen molar-refractivity contribution in [2.45, 2.75) is 11.7 Å². The molecule has 2 heterocycles. The molecule has 0 spiro atoms. The maximum Gasteiger partial charge on any atom is 0.320 e. The number of hydrogen-bond acceptors (Lipinski definition) is 5. The molecule has 0 radical (unpaired) electrons. The Bertz CT molecular complexity index is 980. The number of thioether (sulfide) groups is 1. The molecule has 0 N–H and O–H groups in total. The Morgan fingerprint density at radius 2 is 2.12 bits per heavy atom. The Morgan fingerprint density at radius 1 is 1.27 bits per heavy atom. The molecule has 1 saturated heterocycles. The molecule has 0 bridgehead atoms. The highest BCUT2D eigenvalue weighted by Crippen LogP contribution is 2.30. The third kappa shape index (κ3) is 3.05. The van der Waals surface area contributed by atoms with Gasteiger partial charge < -0.3 is 14.1 Å². The number of esters is 1. The van der Waals surface area contributed by atoms with E-state index in [-0.39, 0.29) is 23.5 Å². The lowest BCUT2D eigenvalue weighted by Crippen LogP contribution is -2.45. The van der Waals surface area contributed by atoms with Gasteiger partial charge in [0.15, 0.2) is 0 Å². The number of furan rings is 1. The predicted octanol–water partition coefficient (Wildman–Crippen LogP) is 3.25. The van der Waals surface area contributed by atoms with Crippen LogP contribution in [0.3, 0.4) is 0 Å². The fourth-order valence-electron chi connectivity index (χ4n) is 3.43. The molecular weight excluding hydrogens is 350 g/mol. The van der Waals surface area contributed by atoms with E-state index in [0.717, 1.165) is 33.1 Å². The largest absolute Gasteiger partial charge is 0.468 e. The molecule has 0 unspecified atom stereocenters. The van der Waals surface area contributed by atoms with E-state index < -0.39 is 0 Å². The van der Waals surface area contributed by atoms with Crippen molar-refractivity contribution in [3.05, 3.63) is 48.2 Å². The lowest BCUT2D eigenvalue weighted by Gasteiger charge is -2.31. The summed E-state index contributed by atoms with van der Waals surface area (Å²) in [4.78, 5) is 26.4. The van der Waals surface area contributed by atoms with Gasteiger partial charge in [-0.15, -0.1) is 11.8 Å². The van der Waals surface area contributed by atoms with Gasteiger partial charge in [-0.1, -0.05) is 30.3 Å². The highest BCUT2D eigenvalue weighted by Gasteiger charge is 2.30. The van der Waals surface area contributed by atoms with E-state index in [1.807, 2.05) is 30.3 Å². The Morgan fingerprint density at radius 3 is 2.96 bits per heavy atom. The van der Waals surface area contributed by atoms with Gasteiger partial charge in [0.05, 0.1) is 19.8 Å². The number of carbonyl (C=O) groups excluding carboxylic acids is 2. The molecule has 0 saturated carbocycles. The molecule has 1 amide bonds. The molecular formula is C20H19NO4S. The van der Waals surface area contributed by atoms with Crippen molar-refractivity contribution >= 4 is 45.4 Å². The Labute approximate surface area is 155 Å². The molecule has 1 aliphatic heterocycles. The quantitative estimate of drug-likeness (QED) is 0.664. The first-order chi connectivity index (χ1) is 12.7. The van der Waals surface area contributed by atoms with Gasteiger partial charge in [-0.05, 0) is 16.8 Å². The maximum absolute atomic E-state index is 12.8. The zero-order chi connectivity index (χ0) is 18.1. The summed E-state index contributed by atoms with van der Waals surface area (Å²) in [5, 5.41) is 2.89. The number of ether oxygens (including phenoxy) is 1. The Balaban J connectivity index is 1.60. The first-order valence-electron chi connectivity index (χ1n) is 8.52. The molecule has 0 aliphatic carbocycles. The first kappa shape index (κ1) is 17.0. The topological polar surface area (TPSA) is 59.8 Å². The fourth-order valence-corrected chi connectivity index (χ4v) is 4.56. The summed E-state index contributed by atoms with van der Waals surface area (Å²) >= 11 is 1.54. The summed E-state index contributed by atoms with van der Waals surface area (Å²) in [7, 11) is 1.38. The number of carbonyl (C=O) groups is 2. The van der Waals surface area contributed by atoms with Gasteiger partial charge >= 0.3 is 5.97 Å². The minimum atomic E-state index is -0.306. The Hall–Kier alpha value is -2.47. The van der Waals surface area contributed by atoms with Crippen molar-refractivity contribution in [3.8, 4) is 0 Å². The van der Waals surface area contributed by atoms with E-state index in [1.54, 1.807) is 22.9 Å². The molecule has 5 nitrogen and oxygen atoms in total. The number of rotatable bonds is 3. The van der Waals surface area contributed by atoms with Gasteiger partial charge in [-0.2, -0.15) is 0 Å². The predicted molar refractivity (Wildman–Crippen MR) is 102 cm³/mol. The lowest BCUT2D eigenvalue weighted by molar-refractivity contribution is -0.141. The second-order valence-corrected chi connectivity index (χ2v) is 7.63. The highest BCUT2D eigenvalue weighted by molar-refractivity contribution is 8.00. The molecule has 1 fully saturated rings. The van der Waals surface area contributed by atoms with Crippen LogP contribution >= 0.6 is 11.8 Å². The van der Waals surface area contributed by atoms with Crippen LogP contribution in [0.25, 0.3) is 21.7 Å². The van der Waals surface area contributed by atoms with Crippen LogP contribution in [0.4, 0.5) is 0 Å². The standard InChI is InChI=1S/C20H19NO4S/c1-24-20(23)17-11-21(8-9-26-17)18(22)10-14-12-25-16-7-6-13-4-2-3-5-15(13)19(14)16/h2-7,12,17H,8-11H2,1H3/t17-/m1/s1. The number of methoxy groups -OCH3 is 1. The zero-order valence-electron chi connectivity index (χ0n) is 14.4. The highest BCUT2D eigenvalue weighted by atomic mass is 32.2. The molecule has 134 valence electrons. The van der Waals surface area contributed by atoms with Crippen LogP contribution < -0.4 is 0 Å².